The number of hydrogen-bond acceptors (Lipinski definition) is 5. The van der Waals surface area contributed by atoms with Gasteiger partial charge in [0, 0.05) is 31.0 Å². The fourth-order valence-electron chi connectivity index (χ4n) is 2.47. The van der Waals surface area contributed by atoms with Crippen molar-refractivity contribution in [1.29, 1.82) is 5.26 Å². The van der Waals surface area contributed by atoms with Crippen LogP contribution in [0.2, 0.25) is 0 Å². The molecular weight excluding hydrogens is 258 g/mol. The van der Waals surface area contributed by atoms with E-state index in [1.165, 1.54) is 12.1 Å². The minimum Gasteiger partial charge on any atom is -0.382 e. The maximum atomic E-state index is 10.8. The Morgan fingerprint density at radius 2 is 2.20 bits per heavy atom. The topological polar surface area (TPSA) is 88.2 Å². The van der Waals surface area contributed by atoms with Gasteiger partial charge in [0.1, 0.15) is 11.6 Å². The molecule has 1 aliphatic rings. The number of nitriles is 1. The monoisotopic (exact) mass is 275 g/mol. The summed E-state index contributed by atoms with van der Waals surface area (Å²) in [5, 5.41) is 23.1. The first-order valence-electron chi connectivity index (χ1n) is 6.64. The predicted octanol–water partition coefficient (Wildman–Crippen LogP) is 2.69. The van der Waals surface area contributed by atoms with Crippen molar-refractivity contribution in [3.8, 4) is 6.07 Å². The van der Waals surface area contributed by atoms with Crippen molar-refractivity contribution in [3.05, 3.63) is 33.9 Å². The van der Waals surface area contributed by atoms with Gasteiger partial charge in [0.2, 0.25) is 0 Å². The van der Waals surface area contributed by atoms with E-state index in [1.807, 2.05) is 6.07 Å². The summed E-state index contributed by atoms with van der Waals surface area (Å²) in [6, 6.07) is 6.67. The van der Waals surface area contributed by atoms with Gasteiger partial charge >= 0.3 is 0 Å². The number of ether oxygens (including phenoxy) is 1. The summed E-state index contributed by atoms with van der Waals surface area (Å²) in [5.41, 5.74) is 0.669. The maximum Gasteiger partial charge on any atom is 0.287 e. The number of nitro benzene ring substituents is 1. The van der Waals surface area contributed by atoms with Crippen LogP contribution in [0.3, 0.4) is 0 Å². The Morgan fingerprint density at radius 3 is 2.80 bits per heavy atom. The third kappa shape index (κ3) is 3.25. The first kappa shape index (κ1) is 14.3. The maximum absolute atomic E-state index is 10.8. The van der Waals surface area contributed by atoms with Crippen molar-refractivity contribution in [2.75, 3.05) is 18.5 Å². The zero-order valence-corrected chi connectivity index (χ0v) is 11.3. The summed E-state index contributed by atoms with van der Waals surface area (Å²) in [6.45, 7) is 3.64. The molecule has 0 aromatic heterocycles. The van der Waals surface area contributed by atoms with E-state index in [0.717, 1.165) is 31.7 Å². The van der Waals surface area contributed by atoms with E-state index in [-0.39, 0.29) is 17.3 Å². The first-order valence-corrected chi connectivity index (χ1v) is 6.64. The number of anilines is 1. The number of benzene rings is 1. The van der Waals surface area contributed by atoms with Crippen molar-refractivity contribution in [2.45, 2.75) is 25.8 Å². The van der Waals surface area contributed by atoms with Crippen LogP contribution in [0, 0.1) is 27.4 Å². The van der Waals surface area contributed by atoms with Crippen LogP contribution >= 0.6 is 0 Å². The van der Waals surface area contributed by atoms with Gasteiger partial charge in [-0.25, -0.2) is 0 Å². The minimum absolute atomic E-state index is 0.0826. The molecule has 1 N–H and O–H groups in total. The molecule has 1 aromatic carbocycles. The van der Waals surface area contributed by atoms with Crippen molar-refractivity contribution in [1.82, 2.24) is 0 Å². The molecule has 1 aromatic rings. The van der Waals surface area contributed by atoms with Crippen LogP contribution in [0.5, 0.6) is 0 Å². The SMILES string of the molecule is CC(Nc1ccc([N+](=O)[O-])c(C#N)c1)C1CCOCC1. The molecular formula is C14H17N3O3. The summed E-state index contributed by atoms with van der Waals surface area (Å²) >= 11 is 0. The number of nitro groups is 1. The summed E-state index contributed by atoms with van der Waals surface area (Å²) in [5.74, 6) is 0.518. The van der Waals surface area contributed by atoms with E-state index in [1.54, 1.807) is 6.07 Å². The molecule has 0 spiro atoms. The van der Waals surface area contributed by atoms with E-state index in [4.69, 9.17) is 10.00 Å². The molecule has 1 atom stereocenters. The van der Waals surface area contributed by atoms with E-state index in [0.29, 0.717) is 5.92 Å². The van der Waals surface area contributed by atoms with Crippen LogP contribution in [0.15, 0.2) is 18.2 Å². The smallest absolute Gasteiger partial charge is 0.287 e. The van der Waals surface area contributed by atoms with Gasteiger partial charge in [-0.1, -0.05) is 0 Å². The van der Waals surface area contributed by atoms with Gasteiger partial charge in [-0.05, 0) is 37.8 Å². The molecule has 0 bridgehead atoms. The molecule has 1 heterocycles. The molecule has 0 amide bonds. The van der Waals surface area contributed by atoms with E-state index in [2.05, 4.69) is 12.2 Å². The van der Waals surface area contributed by atoms with E-state index >= 15 is 0 Å². The molecule has 1 aliphatic heterocycles. The van der Waals surface area contributed by atoms with Crippen molar-refractivity contribution in [2.24, 2.45) is 5.92 Å². The number of hydrogen-bond donors (Lipinski definition) is 1. The molecule has 0 saturated carbocycles. The molecule has 6 heteroatoms. The minimum atomic E-state index is -0.537. The lowest BCUT2D eigenvalue weighted by atomic mass is 9.92. The van der Waals surface area contributed by atoms with Crippen LogP contribution in [0.1, 0.15) is 25.3 Å². The molecule has 0 aliphatic carbocycles. The average molecular weight is 275 g/mol. The third-order valence-corrected chi connectivity index (χ3v) is 3.68. The van der Waals surface area contributed by atoms with Gasteiger partial charge in [-0.15, -0.1) is 0 Å². The van der Waals surface area contributed by atoms with Crippen LogP contribution in [-0.4, -0.2) is 24.2 Å². The lowest BCUT2D eigenvalue weighted by Gasteiger charge is -2.29. The van der Waals surface area contributed by atoms with Crippen molar-refractivity contribution in [3.63, 3.8) is 0 Å². The highest BCUT2D eigenvalue weighted by atomic mass is 16.6. The summed E-state index contributed by atoms with van der Waals surface area (Å²) in [6.07, 6.45) is 2.01. The Morgan fingerprint density at radius 1 is 1.50 bits per heavy atom. The second kappa shape index (κ2) is 6.35. The van der Waals surface area contributed by atoms with Crippen LogP contribution in [0.4, 0.5) is 11.4 Å². The van der Waals surface area contributed by atoms with Crippen LogP contribution in [0.25, 0.3) is 0 Å². The highest BCUT2D eigenvalue weighted by molar-refractivity contribution is 5.58. The molecule has 1 saturated heterocycles. The van der Waals surface area contributed by atoms with E-state index < -0.39 is 4.92 Å². The summed E-state index contributed by atoms with van der Waals surface area (Å²) in [4.78, 5) is 10.2. The second-order valence-corrected chi connectivity index (χ2v) is 4.98. The Hall–Kier alpha value is -2.13. The van der Waals surface area contributed by atoms with Crippen LogP contribution < -0.4 is 5.32 Å². The van der Waals surface area contributed by atoms with Gasteiger partial charge in [-0.3, -0.25) is 10.1 Å². The molecule has 1 fully saturated rings. The van der Waals surface area contributed by atoms with E-state index in [9.17, 15) is 10.1 Å². The Labute approximate surface area is 117 Å². The first-order chi connectivity index (χ1) is 9.61. The van der Waals surface area contributed by atoms with Crippen molar-refractivity contribution < 1.29 is 9.66 Å². The molecule has 20 heavy (non-hydrogen) atoms. The van der Waals surface area contributed by atoms with Gasteiger partial charge in [-0.2, -0.15) is 5.26 Å². The van der Waals surface area contributed by atoms with Gasteiger partial charge in [0.15, 0.2) is 0 Å². The lowest BCUT2D eigenvalue weighted by molar-refractivity contribution is -0.385. The summed E-state index contributed by atoms with van der Waals surface area (Å²) < 4.78 is 5.33. The molecule has 106 valence electrons. The standard InChI is InChI=1S/C14H17N3O3/c1-10(11-4-6-20-7-5-11)16-13-2-3-14(17(18)19)12(8-13)9-15/h2-3,8,10-11,16H,4-7H2,1H3. The fraction of sp³-hybridized carbons (Fsp3) is 0.500. The average Bonchev–Trinajstić information content (AvgIpc) is 2.47. The second-order valence-electron chi connectivity index (χ2n) is 4.98. The lowest BCUT2D eigenvalue weighted by Crippen LogP contribution is -2.30. The quantitative estimate of drug-likeness (QED) is 0.674. The Kier molecular flexibility index (Phi) is 4.53. The van der Waals surface area contributed by atoms with Gasteiger partial charge < -0.3 is 10.1 Å². The van der Waals surface area contributed by atoms with Gasteiger partial charge in [0.25, 0.3) is 5.69 Å². The highest BCUT2D eigenvalue weighted by Gasteiger charge is 2.21. The molecule has 1 unspecified atom stereocenters. The molecule has 0 radical (unpaired) electrons. The molecule has 6 nitrogen and oxygen atoms in total. The number of nitrogens with zero attached hydrogens (tertiary/aromatic N) is 2. The van der Waals surface area contributed by atoms with Crippen LogP contribution in [-0.2, 0) is 4.74 Å². The highest BCUT2D eigenvalue weighted by Crippen LogP contribution is 2.25. The largest absolute Gasteiger partial charge is 0.382 e. The zero-order valence-electron chi connectivity index (χ0n) is 11.3. The zero-order chi connectivity index (χ0) is 14.5. The Balaban J connectivity index is 2.09. The third-order valence-electron chi connectivity index (χ3n) is 3.68. The predicted molar refractivity (Wildman–Crippen MR) is 74.4 cm³/mol. The fourth-order valence-corrected chi connectivity index (χ4v) is 2.47. The normalized spacial score (nSPS) is 17.2. The Bertz CT molecular complexity index is 533. The number of rotatable bonds is 4. The summed E-state index contributed by atoms with van der Waals surface area (Å²) in [7, 11) is 0. The van der Waals surface area contributed by atoms with Gasteiger partial charge in [0.05, 0.1) is 4.92 Å². The number of nitrogens with one attached hydrogen (secondary N) is 1. The van der Waals surface area contributed by atoms with Crippen molar-refractivity contribution >= 4 is 11.4 Å². The molecule has 2 rings (SSSR count).